The van der Waals surface area contributed by atoms with Crippen molar-refractivity contribution in [1.29, 1.82) is 0 Å². The molecule has 0 saturated carbocycles. The van der Waals surface area contributed by atoms with Gasteiger partial charge in [0.2, 0.25) is 0 Å². The molecule has 1 amide bonds. The van der Waals surface area contributed by atoms with Crippen LogP contribution in [0.5, 0.6) is 0 Å². The summed E-state index contributed by atoms with van der Waals surface area (Å²) in [6.07, 6.45) is -4.57. The zero-order valence-electron chi connectivity index (χ0n) is 20.5. The summed E-state index contributed by atoms with van der Waals surface area (Å²) >= 11 is 24.4. The van der Waals surface area contributed by atoms with Crippen molar-refractivity contribution in [2.45, 2.75) is 6.18 Å². The zero-order chi connectivity index (χ0) is 29.3. The third kappa shape index (κ3) is 6.77. The van der Waals surface area contributed by atoms with Crippen molar-refractivity contribution in [2.24, 2.45) is 0 Å². The van der Waals surface area contributed by atoms with Crippen molar-refractivity contribution < 1.29 is 18.0 Å². The molecule has 0 fully saturated rings. The smallest absolute Gasteiger partial charge is 0.337 e. The molecular formula is C28H16Cl4F3N5O. The number of nitrogens with zero attached hydrogens (tertiary/aromatic N) is 2. The highest BCUT2D eigenvalue weighted by atomic mass is 35.5. The third-order valence-electron chi connectivity index (χ3n) is 5.74. The average Bonchev–Trinajstić information content (AvgIpc) is 2.93. The first-order valence-electron chi connectivity index (χ1n) is 11.7. The van der Waals surface area contributed by atoms with Crippen molar-refractivity contribution in [2.75, 3.05) is 16.0 Å². The van der Waals surface area contributed by atoms with Gasteiger partial charge in [-0.25, -0.2) is 9.97 Å². The molecular weight excluding hydrogens is 621 g/mol. The van der Waals surface area contributed by atoms with Gasteiger partial charge in [-0.05, 0) is 72.8 Å². The molecule has 0 unspecified atom stereocenters. The lowest BCUT2D eigenvalue weighted by molar-refractivity contribution is -0.137. The van der Waals surface area contributed by atoms with Crippen LogP contribution in [-0.4, -0.2) is 15.9 Å². The summed E-state index contributed by atoms with van der Waals surface area (Å²) in [5.41, 5.74) is 1.25. The number of anilines is 5. The van der Waals surface area contributed by atoms with Crippen molar-refractivity contribution in [3.05, 3.63) is 110 Å². The van der Waals surface area contributed by atoms with E-state index in [-0.39, 0.29) is 5.56 Å². The fourth-order valence-electron chi connectivity index (χ4n) is 3.77. The number of benzene rings is 4. The summed E-state index contributed by atoms with van der Waals surface area (Å²) in [6, 6.07) is 18.8. The van der Waals surface area contributed by atoms with E-state index in [1.165, 1.54) is 12.1 Å². The third-order valence-corrected chi connectivity index (χ3v) is 7.22. The van der Waals surface area contributed by atoms with Gasteiger partial charge in [-0.2, -0.15) is 13.2 Å². The van der Waals surface area contributed by atoms with Crippen molar-refractivity contribution in [3.63, 3.8) is 0 Å². The molecule has 0 aliphatic carbocycles. The summed E-state index contributed by atoms with van der Waals surface area (Å²) < 4.78 is 39.3. The van der Waals surface area contributed by atoms with Crippen LogP contribution in [0.25, 0.3) is 11.0 Å². The number of rotatable bonds is 6. The Hall–Kier alpha value is -3.76. The molecule has 0 aliphatic heterocycles. The minimum absolute atomic E-state index is 0.144. The molecule has 5 rings (SSSR count). The van der Waals surface area contributed by atoms with E-state index in [9.17, 15) is 18.0 Å². The molecule has 0 aliphatic rings. The first-order valence-corrected chi connectivity index (χ1v) is 13.2. The molecule has 0 atom stereocenters. The highest BCUT2D eigenvalue weighted by Crippen LogP contribution is 2.33. The van der Waals surface area contributed by atoms with Crippen LogP contribution >= 0.6 is 46.4 Å². The molecule has 208 valence electrons. The van der Waals surface area contributed by atoms with E-state index in [4.69, 9.17) is 46.4 Å². The van der Waals surface area contributed by atoms with Crippen molar-refractivity contribution in [1.82, 2.24) is 9.97 Å². The van der Waals surface area contributed by atoms with Crippen LogP contribution in [0.3, 0.4) is 0 Å². The topological polar surface area (TPSA) is 78.9 Å². The van der Waals surface area contributed by atoms with Crippen LogP contribution in [0.4, 0.5) is 41.9 Å². The van der Waals surface area contributed by atoms with Gasteiger partial charge in [0.1, 0.15) is 0 Å². The van der Waals surface area contributed by atoms with E-state index >= 15 is 0 Å². The molecule has 0 radical (unpaired) electrons. The van der Waals surface area contributed by atoms with E-state index in [1.807, 2.05) is 0 Å². The van der Waals surface area contributed by atoms with Crippen LogP contribution < -0.4 is 16.0 Å². The quantitative estimate of drug-likeness (QED) is 0.173. The second-order valence-electron chi connectivity index (χ2n) is 8.66. The van der Waals surface area contributed by atoms with Gasteiger partial charge in [0.15, 0.2) is 11.6 Å². The summed E-state index contributed by atoms with van der Waals surface area (Å²) in [5, 5.41) is 10.3. The lowest BCUT2D eigenvalue weighted by Gasteiger charge is -2.15. The minimum atomic E-state index is -4.57. The normalized spacial score (nSPS) is 11.4. The van der Waals surface area contributed by atoms with Gasteiger partial charge in [-0.3, -0.25) is 4.79 Å². The van der Waals surface area contributed by atoms with Gasteiger partial charge >= 0.3 is 6.18 Å². The summed E-state index contributed by atoms with van der Waals surface area (Å²) in [7, 11) is 0. The maximum absolute atomic E-state index is 13.1. The predicted molar refractivity (Wildman–Crippen MR) is 158 cm³/mol. The Morgan fingerprint density at radius 3 is 1.76 bits per heavy atom. The molecule has 1 aromatic heterocycles. The fourth-order valence-corrected chi connectivity index (χ4v) is 4.36. The number of halogens is 7. The monoisotopic (exact) mass is 635 g/mol. The van der Waals surface area contributed by atoms with E-state index < -0.39 is 17.6 Å². The standard InChI is InChI=1S/C28H16Cl4F3N5O/c29-19-7-4-16(11-21(19)31)36-25-26(37-17-5-8-20(30)22(32)12-17)40-24-13-18(6-9-23(24)39-25)38-27(41)14-2-1-3-15(10-14)28(33,34)35/h1-13H,(H,36,39)(H,37,40)(H,38,41). The molecule has 1 heterocycles. The fraction of sp³-hybridized carbons (Fsp3) is 0.0357. The summed E-state index contributed by atoms with van der Waals surface area (Å²) in [5.74, 6) is -0.0819. The first kappa shape index (κ1) is 28.8. The van der Waals surface area contributed by atoms with Gasteiger partial charge < -0.3 is 16.0 Å². The maximum atomic E-state index is 13.1. The van der Waals surface area contributed by atoms with Crippen LogP contribution in [0.1, 0.15) is 15.9 Å². The number of nitrogens with one attached hydrogen (secondary N) is 3. The molecule has 41 heavy (non-hydrogen) atoms. The van der Waals surface area contributed by atoms with Crippen LogP contribution in [0.2, 0.25) is 20.1 Å². The average molecular weight is 637 g/mol. The van der Waals surface area contributed by atoms with Gasteiger partial charge in [0.25, 0.3) is 5.91 Å². The van der Waals surface area contributed by atoms with Crippen LogP contribution in [-0.2, 0) is 6.18 Å². The molecule has 6 nitrogen and oxygen atoms in total. The summed E-state index contributed by atoms with van der Waals surface area (Å²) in [4.78, 5) is 22.1. The van der Waals surface area contributed by atoms with Crippen molar-refractivity contribution in [3.8, 4) is 0 Å². The lowest BCUT2D eigenvalue weighted by atomic mass is 10.1. The molecule has 5 aromatic rings. The molecule has 0 bridgehead atoms. The zero-order valence-corrected chi connectivity index (χ0v) is 23.5. The summed E-state index contributed by atoms with van der Waals surface area (Å²) in [6.45, 7) is 0. The second kappa shape index (κ2) is 11.6. The predicted octanol–water partition coefficient (Wildman–Crippen LogP) is 10.0. The van der Waals surface area contributed by atoms with Crippen LogP contribution in [0, 0.1) is 0 Å². The SMILES string of the molecule is O=C(Nc1ccc2nc(Nc3ccc(Cl)c(Cl)c3)c(Nc3ccc(Cl)c(Cl)c3)nc2c1)c1cccc(C(F)(F)F)c1. The number of carbonyl (C=O) groups excluding carboxylic acids is 1. The van der Waals surface area contributed by atoms with Gasteiger partial charge in [0, 0.05) is 22.6 Å². The molecule has 0 saturated heterocycles. The molecule has 4 aromatic carbocycles. The van der Waals surface area contributed by atoms with Gasteiger partial charge in [0.05, 0.1) is 36.7 Å². The number of carbonyl (C=O) groups is 1. The van der Waals surface area contributed by atoms with E-state index in [0.29, 0.717) is 59.8 Å². The Morgan fingerprint density at radius 2 is 1.20 bits per heavy atom. The number of fused-ring (bicyclic) bond motifs is 1. The number of aromatic nitrogens is 2. The largest absolute Gasteiger partial charge is 0.416 e. The molecule has 3 N–H and O–H groups in total. The Balaban J connectivity index is 1.50. The van der Waals surface area contributed by atoms with Gasteiger partial charge in [-0.1, -0.05) is 52.5 Å². The Bertz CT molecular complexity index is 1800. The Kier molecular flexibility index (Phi) is 8.15. The highest BCUT2D eigenvalue weighted by molar-refractivity contribution is 6.42. The van der Waals surface area contributed by atoms with E-state index in [1.54, 1.807) is 54.6 Å². The van der Waals surface area contributed by atoms with Crippen molar-refractivity contribution >= 4 is 92.0 Å². The number of hydrogen-bond acceptors (Lipinski definition) is 5. The molecule has 13 heteroatoms. The number of hydrogen-bond donors (Lipinski definition) is 3. The lowest BCUT2D eigenvalue weighted by Crippen LogP contribution is -2.14. The van der Waals surface area contributed by atoms with Crippen LogP contribution in [0.15, 0.2) is 78.9 Å². The minimum Gasteiger partial charge on any atom is -0.337 e. The molecule has 0 spiro atoms. The number of amides is 1. The van der Waals surface area contributed by atoms with E-state index in [2.05, 4.69) is 25.9 Å². The Morgan fingerprint density at radius 1 is 0.634 bits per heavy atom. The van der Waals surface area contributed by atoms with Gasteiger partial charge in [-0.15, -0.1) is 0 Å². The first-order chi connectivity index (χ1) is 19.5. The van der Waals surface area contributed by atoms with E-state index in [0.717, 1.165) is 12.1 Å². The maximum Gasteiger partial charge on any atom is 0.416 e. The second-order valence-corrected chi connectivity index (χ2v) is 10.3. The number of alkyl halides is 3. The Labute approximate surface area is 251 Å². The highest BCUT2D eigenvalue weighted by Gasteiger charge is 2.31.